The third-order valence-electron chi connectivity index (χ3n) is 4.91. The molecule has 0 aliphatic heterocycles. The summed E-state index contributed by atoms with van der Waals surface area (Å²) in [4.78, 5) is 6.61. The predicted octanol–water partition coefficient (Wildman–Crippen LogP) is 2.97. The van der Waals surface area contributed by atoms with Crippen LogP contribution < -0.4 is 4.74 Å². The second-order valence-electron chi connectivity index (χ2n) is 7.35. The molecule has 1 N–H and O–H groups in total. The number of nitrogens with zero attached hydrogens (tertiary/aromatic N) is 2. The van der Waals surface area contributed by atoms with E-state index in [-0.39, 0.29) is 16.0 Å². The number of benzene rings is 2. The molecule has 2 rings (SSSR count). The van der Waals surface area contributed by atoms with Crippen LogP contribution in [0, 0.1) is 19.3 Å². The average molecular weight is 449 g/mol. The SMILES string of the molecule is CCN(C)CCc1cc(C)c(OC([SH2+])=NC(=N)c2ccc(S(C)(=O)=O)cc2)cc1C. The zero-order valence-corrected chi connectivity index (χ0v) is 19.9. The van der Waals surface area contributed by atoms with E-state index in [0.29, 0.717) is 11.3 Å². The lowest BCUT2D eigenvalue weighted by molar-refractivity contribution is 0.357. The maximum atomic E-state index is 11.6. The van der Waals surface area contributed by atoms with Crippen molar-refractivity contribution in [3.05, 3.63) is 58.7 Å². The van der Waals surface area contributed by atoms with Crippen molar-refractivity contribution in [3.8, 4) is 5.75 Å². The van der Waals surface area contributed by atoms with E-state index in [2.05, 4.69) is 49.5 Å². The van der Waals surface area contributed by atoms with Crippen LogP contribution in [0.4, 0.5) is 0 Å². The molecule has 0 amide bonds. The van der Waals surface area contributed by atoms with Crippen LogP contribution in [0.1, 0.15) is 29.2 Å². The smallest absolute Gasteiger partial charge is 0.402 e. The number of nitrogens with one attached hydrogen (secondary N) is 1. The molecule has 0 aliphatic carbocycles. The monoisotopic (exact) mass is 448 g/mol. The van der Waals surface area contributed by atoms with Gasteiger partial charge in [0.25, 0.3) is 0 Å². The summed E-state index contributed by atoms with van der Waals surface area (Å²) in [7, 11) is -1.17. The molecule has 162 valence electrons. The Balaban J connectivity index is 2.12. The number of hydrogen-bond donors (Lipinski definition) is 1. The van der Waals surface area contributed by atoms with Gasteiger partial charge in [0, 0.05) is 18.4 Å². The number of aliphatic imine (C=N–C) groups is 1. The van der Waals surface area contributed by atoms with Crippen molar-refractivity contribution in [1.82, 2.24) is 4.90 Å². The largest absolute Gasteiger partial charge is 0.414 e. The molecule has 0 aromatic heterocycles. The van der Waals surface area contributed by atoms with Gasteiger partial charge in [-0.05, 0) is 80.9 Å². The highest BCUT2D eigenvalue weighted by atomic mass is 32.2. The van der Waals surface area contributed by atoms with Crippen molar-refractivity contribution in [2.24, 2.45) is 4.99 Å². The van der Waals surface area contributed by atoms with Gasteiger partial charge in [-0.15, -0.1) is 4.99 Å². The number of aryl methyl sites for hydroxylation is 2. The Morgan fingerprint density at radius 3 is 2.37 bits per heavy atom. The van der Waals surface area contributed by atoms with Gasteiger partial charge in [0.05, 0.1) is 17.5 Å². The van der Waals surface area contributed by atoms with Gasteiger partial charge in [-0.1, -0.05) is 13.0 Å². The van der Waals surface area contributed by atoms with E-state index in [0.717, 1.165) is 36.9 Å². The fraction of sp³-hybridized carbons (Fsp3) is 0.364. The van der Waals surface area contributed by atoms with Crippen molar-refractivity contribution in [1.29, 1.82) is 5.41 Å². The van der Waals surface area contributed by atoms with E-state index < -0.39 is 9.84 Å². The molecule has 0 atom stereocenters. The van der Waals surface area contributed by atoms with Crippen molar-refractivity contribution in [3.63, 3.8) is 0 Å². The number of likely N-dealkylation sites (N-methyl/N-ethyl adjacent to an activating group) is 1. The first kappa shape index (κ1) is 24.1. The molecule has 0 bridgehead atoms. The van der Waals surface area contributed by atoms with Crippen molar-refractivity contribution in [2.75, 3.05) is 26.4 Å². The minimum Gasteiger partial charge on any atom is -0.402 e. The molecule has 0 heterocycles. The lowest BCUT2D eigenvalue weighted by Crippen LogP contribution is -2.20. The normalized spacial score (nSPS) is 12.3. The van der Waals surface area contributed by atoms with Gasteiger partial charge in [-0.3, -0.25) is 5.41 Å². The molecule has 0 unspecified atom stereocenters. The van der Waals surface area contributed by atoms with Crippen LogP contribution in [0.3, 0.4) is 0 Å². The maximum Gasteiger partial charge on any atom is 0.414 e. The molecule has 2 aromatic rings. The van der Waals surface area contributed by atoms with Crippen LogP contribution in [0.2, 0.25) is 0 Å². The summed E-state index contributed by atoms with van der Waals surface area (Å²) in [6.07, 6.45) is 2.12. The first-order valence-corrected chi connectivity index (χ1v) is 12.1. The summed E-state index contributed by atoms with van der Waals surface area (Å²) >= 11 is 3.34. The summed E-state index contributed by atoms with van der Waals surface area (Å²) in [6, 6.07) is 10.1. The van der Waals surface area contributed by atoms with E-state index in [9.17, 15) is 8.42 Å². The molecule has 6 nitrogen and oxygen atoms in total. The maximum absolute atomic E-state index is 11.6. The van der Waals surface area contributed by atoms with E-state index in [1.165, 1.54) is 17.7 Å². The van der Waals surface area contributed by atoms with Crippen molar-refractivity contribution in [2.45, 2.75) is 32.1 Å². The highest BCUT2D eigenvalue weighted by molar-refractivity contribution is 7.90. The topological polar surface area (TPSA) is 82.8 Å². The van der Waals surface area contributed by atoms with Crippen LogP contribution in [-0.2, 0) is 28.9 Å². The van der Waals surface area contributed by atoms with Gasteiger partial charge < -0.3 is 9.64 Å². The van der Waals surface area contributed by atoms with Gasteiger partial charge in [0.1, 0.15) is 5.75 Å². The Labute approximate surface area is 184 Å². The third-order valence-corrected chi connectivity index (χ3v) is 6.25. The van der Waals surface area contributed by atoms with Gasteiger partial charge in [0.15, 0.2) is 15.7 Å². The minimum atomic E-state index is -3.28. The molecule has 30 heavy (non-hydrogen) atoms. The molecular weight excluding hydrogens is 418 g/mol. The van der Waals surface area contributed by atoms with Gasteiger partial charge in [0.2, 0.25) is 0 Å². The van der Waals surface area contributed by atoms with Crippen LogP contribution in [0.5, 0.6) is 5.75 Å². The number of rotatable bonds is 7. The van der Waals surface area contributed by atoms with Gasteiger partial charge >= 0.3 is 5.23 Å². The van der Waals surface area contributed by atoms with E-state index in [4.69, 9.17) is 10.1 Å². The summed E-state index contributed by atoms with van der Waals surface area (Å²) in [5.74, 6) is 0.641. The predicted molar refractivity (Wildman–Crippen MR) is 127 cm³/mol. The fourth-order valence-corrected chi connectivity index (χ4v) is 3.70. The Hall–Kier alpha value is -2.16. The van der Waals surface area contributed by atoms with E-state index in [1.54, 1.807) is 12.1 Å². The molecule has 0 aliphatic rings. The quantitative estimate of drug-likeness (QED) is 0.401. The van der Waals surface area contributed by atoms with Crippen LogP contribution in [0.25, 0.3) is 0 Å². The summed E-state index contributed by atoms with van der Waals surface area (Å²) in [6.45, 7) is 8.20. The first-order chi connectivity index (χ1) is 14.0. The average Bonchev–Trinajstić information content (AvgIpc) is 2.68. The molecule has 2 aromatic carbocycles. The van der Waals surface area contributed by atoms with Crippen molar-refractivity contribution >= 4 is 33.5 Å². The third kappa shape index (κ3) is 6.68. The van der Waals surface area contributed by atoms with Gasteiger partial charge in [-0.2, -0.15) is 0 Å². The van der Waals surface area contributed by atoms with E-state index in [1.807, 2.05) is 13.0 Å². The molecule has 0 saturated heterocycles. The van der Waals surface area contributed by atoms with Crippen LogP contribution >= 0.6 is 0 Å². The van der Waals surface area contributed by atoms with Crippen molar-refractivity contribution < 1.29 is 13.2 Å². The summed E-state index contributed by atoms with van der Waals surface area (Å²) in [5, 5.41) is 8.30. The Morgan fingerprint density at radius 1 is 1.17 bits per heavy atom. The number of sulfone groups is 1. The van der Waals surface area contributed by atoms with E-state index >= 15 is 0 Å². The highest BCUT2D eigenvalue weighted by Crippen LogP contribution is 2.24. The molecular formula is C22H30N3O3S2+. The second kappa shape index (κ2) is 10.2. The Morgan fingerprint density at radius 2 is 1.80 bits per heavy atom. The molecule has 0 saturated carbocycles. The minimum absolute atomic E-state index is 0.0337. The Bertz CT molecular complexity index is 1050. The highest BCUT2D eigenvalue weighted by Gasteiger charge is 2.13. The second-order valence-corrected chi connectivity index (χ2v) is 9.80. The Kier molecular flexibility index (Phi) is 8.23. The van der Waals surface area contributed by atoms with Gasteiger partial charge in [-0.25, -0.2) is 8.42 Å². The number of amidine groups is 1. The molecule has 0 radical (unpaired) electrons. The summed E-state index contributed by atoms with van der Waals surface area (Å²) in [5.41, 5.74) is 3.91. The lowest BCUT2D eigenvalue weighted by Gasteiger charge is -2.16. The molecule has 0 fully saturated rings. The number of ether oxygens (including phenoxy) is 1. The lowest BCUT2D eigenvalue weighted by atomic mass is 10.0. The molecule has 0 spiro atoms. The zero-order chi connectivity index (χ0) is 22.5. The fourth-order valence-electron chi connectivity index (χ4n) is 2.85. The standard InChI is InChI=1S/C22H29N3O3S2/c1-6-25(4)12-11-18-13-16(3)20(14-15(18)2)28-22(29)24-21(23)17-7-9-19(10-8-17)30(5,26)27/h7-10,13-14H,6,11-12H2,1-5H3,(H2,23,24,29)/p+1. The van der Waals surface area contributed by atoms with Crippen LogP contribution in [0.15, 0.2) is 46.3 Å². The number of hydrogen-bond acceptors (Lipinski definition) is 5. The first-order valence-electron chi connectivity index (χ1n) is 9.67. The van der Waals surface area contributed by atoms with Crippen LogP contribution in [-0.4, -0.2) is 50.8 Å². The molecule has 8 heteroatoms. The zero-order valence-electron chi connectivity index (χ0n) is 18.1. The summed E-state index contributed by atoms with van der Waals surface area (Å²) < 4.78 is 28.9.